The quantitative estimate of drug-likeness (QED) is 0.722. The van der Waals surface area contributed by atoms with Crippen molar-refractivity contribution in [2.75, 3.05) is 26.8 Å². The first-order valence-electron chi connectivity index (χ1n) is 5.63. The maximum absolute atomic E-state index is 5.91. The number of ether oxygens (including phenoxy) is 1. The van der Waals surface area contributed by atoms with Gasteiger partial charge in [-0.3, -0.25) is 0 Å². The van der Waals surface area contributed by atoms with Gasteiger partial charge in [0.05, 0.1) is 0 Å². The number of rotatable bonds is 5. The molecule has 1 fully saturated rings. The van der Waals surface area contributed by atoms with Crippen LogP contribution in [0.2, 0.25) is 0 Å². The standard InChI is InChI=1S/C11H24N2O/c1-9(5-7-14-3)13-6-4-11(8-13)10(2)12/h9-11H,4-8,12H2,1-3H3. The summed E-state index contributed by atoms with van der Waals surface area (Å²) in [6.07, 6.45) is 2.39. The van der Waals surface area contributed by atoms with Crippen LogP contribution in [0.3, 0.4) is 0 Å². The van der Waals surface area contributed by atoms with Crippen LogP contribution >= 0.6 is 0 Å². The van der Waals surface area contributed by atoms with Crippen molar-refractivity contribution < 1.29 is 4.74 Å². The van der Waals surface area contributed by atoms with Crippen LogP contribution in [-0.2, 0) is 4.74 Å². The lowest BCUT2D eigenvalue weighted by Crippen LogP contribution is -2.34. The van der Waals surface area contributed by atoms with Crippen molar-refractivity contribution in [2.24, 2.45) is 11.7 Å². The van der Waals surface area contributed by atoms with E-state index in [1.807, 2.05) is 0 Å². The van der Waals surface area contributed by atoms with Gasteiger partial charge in [-0.1, -0.05) is 0 Å². The van der Waals surface area contributed by atoms with Gasteiger partial charge in [0, 0.05) is 32.3 Å². The Morgan fingerprint density at radius 3 is 2.71 bits per heavy atom. The fourth-order valence-electron chi connectivity index (χ4n) is 2.12. The molecule has 3 atom stereocenters. The third kappa shape index (κ3) is 3.23. The number of methoxy groups -OCH3 is 1. The Hall–Kier alpha value is -0.120. The first kappa shape index (κ1) is 12.0. The molecule has 3 nitrogen and oxygen atoms in total. The molecule has 0 spiro atoms. The minimum Gasteiger partial charge on any atom is -0.385 e. The molecule has 1 aliphatic rings. The maximum atomic E-state index is 5.91. The van der Waals surface area contributed by atoms with Gasteiger partial charge in [-0.05, 0) is 39.2 Å². The Balaban J connectivity index is 2.26. The minimum atomic E-state index is 0.342. The van der Waals surface area contributed by atoms with Crippen LogP contribution in [0.25, 0.3) is 0 Å². The third-order valence-corrected chi connectivity index (χ3v) is 3.36. The smallest absolute Gasteiger partial charge is 0.0477 e. The molecule has 3 unspecified atom stereocenters. The molecule has 0 aliphatic carbocycles. The summed E-state index contributed by atoms with van der Waals surface area (Å²) >= 11 is 0. The van der Waals surface area contributed by atoms with E-state index in [0.717, 1.165) is 13.0 Å². The maximum Gasteiger partial charge on any atom is 0.0477 e. The van der Waals surface area contributed by atoms with Crippen LogP contribution in [0, 0.1) is 5.92 Å². The molecule has 14 heavy (non-hydrogen) atoms. The first-order valence-corrected chi connectivity index (χ1v) is 5.63. The second-order valence-electron chi connectivity index (χ2n) is 4.53. The predicted molar refractivity (Wildman–Crippen MR) is 59.3 cm³/mol. The number of likely N-dealkylation sites (tertiary alicyclic amines) is 1. The normalized spacial score (nSPS) is 27.9. The molecular weight excluding hydrogens is 176 g/mol. The molecule has 3 heteroatoms. The van der Waals surface area contributed by atoms with Gasteiger partial charge in [0.1, 0.15) is 0 Å². The van der Waals surface area contributed by atoms with E-state index >= 15 is 0 Å². The minimum absolute atomic E-state index is 0.342. The Morgan fingerprint density at radius 1 is 1.50 bits per heavy atom. The molecule has 0 aromatic rings. The Morgan fingerprint density at radius 2 is 2.21 bits per heavy atom. The molecule has 0 aromatic carbocycles. The summed E-state index contributed by atoms with van der Waals surface area (Å²) in [6, 6.07) is 0.980. The molecule has 0 radical (unpaired) electrons. The third-order valence-electron chi connectivity index (χ3n) is 3.36. The number of hydrogen-bond acceptors (Lipinski definition) is 3. The van der Waals surface area contributed by atoms with Crippen LogP contribution in [0.1, 0.15) is 26.7 Å². The molecule has 1 saturated heterocycles. The Bertz CT molecular complexity index is 161. The highest BCUT2D eigenvalue weighted by molar-refractivity contribution is 4.83. The van der Waals surface area contributed by atoms with Gasteiger partial charge >= 0.3 is 0 Å². The van der Waals surface area contributed by atoms with Gasteiger partial charge in [-0.2, -0.15) is 0 Å². The summed E-state index contributed by atoms with van der Waals surface area (Å²) in [7, 11) is 1.77. The number of nitrogens with two attached hydrogens (primary N) is 1. The van der Waals surface area contributed by atoms with Gasteiger partial charge in [-0.25, -0.2) is 0 Å². The highest BCUT2D eigenvalue weighted by atomic mass is 16.5. The summed E-state index contributed by atoms with van der Waals surface area (Å²) < 4.78 is 5.09. The fourth-order valence-corrected chi connectivity index (χ4v) is 2.12. The molecule has 1 aliphatic heterocycles. The molecule has 1 rings (SSSR count). The largest absolute Gasteiger partial charge is 0.385 e. The topological polar surface area (TPSA) is 38.5 Å². The highest BCUT2D eigenvalue weighted by Crippen LogP contribution is 2.21. The van der Waals surface area contributed by atoms with E-state index in [1.54, 1.807) is 7.11 Å². The van der Waals surface area contributed by atoms with Crippen molar-refractivity contribution in [3.05, 3.63) is 0 Å². The van der Waals surface area contributed by atoms with Crippen LogP contribution in [0.15, 0.2) is 0 Å². The van der Waals surface area contributed by atoms with Crippen LogP contribution < -0.4 is 5.73 Å². The van der Waals surface area contributed by atoms with E-state index in [-0.39, 0.29) is 0 Å². The van der Waals surface area contributed by atoms with E-state index in [2.05, 4.69) is 18.7 Å². The summed E-state index contributed by atoms with van der Waals surface area (Å²) in [5.74, 6) is 0.694. The monoisotopic (exact) mass is 200 g/mol. The van der Waals surface area contributed by atoms with E-state index in [9.17, 15) is 0 Å². The first-order chi connectivity index (χ1) is 6.65. The number of hydrogen-bond donors (Lipinski definition) is 1. The number of nitrogens with zero attached hydrogens (tertiary/aromatic N) is 1. The van der Waals surface area contributed by atoms with Crippen molar-refractivity contribution in [3.8, 4) is 0 Å². The summed E-state index contributed by atoms with van der Waals surface area (Å²) in [5, 5.41) is 0. The summed E-state index contributed by atoms with van der Waals surface area (Å²) in [5.41, 5.74) is 5.91. The molecule has 0 aromatic heterocycles. The van der Waals surface area contributed by atoms with E-state index < -0.39 is 0 Å². The van der Waals surface area contributed by atoms with Crippen LogP contribution in [0.5, 0.6) is 0 Å². The van der Waals surface area contributed by atoms with Gasteiger partial charge in [0.2, 0.25) is 0 Å². The van der Waals surface area contributed by atoms with Gasteiger partial charge < -0.3 is 15.4 Å². The zero-order valence-corrected chi connectivity index (χ0v) is 9.70. The Kier molecular flexibility index (Phi) is 4.85. The zero-order valence-electron chi connectivity index (χ0n) is 9.70. The van der Waals surface area contributed by atoms with Crippen LogP contribution in [0.4, 0.5) is 0 Å². The van der Waals surface area contributed by atoms with Gasteiger partial charge in [0.15, 0.2) is 0 Å². The fraction of sp³-hybridized carbons (Fsp3) is 1.00. The lowest BCUT2D eigenvalue weighted by Gasteiger charge is -2.24. The van der Waals surface area contributed by atoms with Crippen molar-refractivity contribution in [1.82, 2.24) is 4.90 Å². The van der Waals surface area contributed by atoms with Crippen molar-refractivity contribution in [1.29, 1.82) is 0 Å². The predicted octanol–water partition coefficient (Wildman–Crippen LogP) is 1.08. The molecule has 1 heterocycles. The SMILES string of the molecule is COCCC(C)N1CCC(C(C)N)C1. The molecule has 0 bridgehead atoms. The van der Waals surface area contributed by atoms with Crippen molar-refractivity contribution >= 4 is 0 Å². The van der Waals surface area contributed by atoms with E-state index in [0.29, 0.717) is 18.0 Å². The van der Waals surface area contributed by atoms with E-state index in [1.165, 1.54) is 19.5 Å². The molecule has 2 N–H and O–H groups in total. The van der Waals surface area contributed by atoms with Crippen molar-refractivity contribution in [3.63, 3.8) is 0 Å². The second-order valence-corrected chi connectivity index (χ2v) is 4.53. The van der Waals surface area contributed by atoms with Crippen LogP contribution in [-0.4, -0.2) is 43.8 Å². The summed E-state index contributed by atoms with van der Waals surface area (Å²) in [6.45, 7) is 7.64. The highest BCUT2D eigenvalue weighted by Gasteiger charge is 2.27. The Labute approximate surface area is 87.6 Å². The second kappa shape index (κ2) is 5.69. The average Bonchev–Trinajstić information content (AvgIpc) is 2.62. The molecule has 0 amide bonds. The zero-order chi connectivity index (χ0) is 10.6. The lowest BCUT2D eigenvalue weighted by atomic mass is 10.0. The lowest BCUT2D eigenvalue weighted by molar-refractivity contribution is 0.149. The molecule has 0 saturated carbocycles. The van der Waals surface area contributed by atoms with Gasteiger partial charge in [-0.15, -0.1) is 0 Å². The molecule has 84 valence electrons. The van der Waals surface area contributed by atoms with Gasteiger partial charge in [0.25, 0.3) is 0 Å². The summed E-state index contributed by atoms with van der Waals surface area (Å²) in [4.78, 5) is 2.53. The molecular formula is C11H24N2O. The van der Waals surface area contributed by atoms with Crippen molar-refractivity contribution in [2.45, 2.75) is 38.8 Å². The van der Waals surface area contributed by atoms with E-state index in [4.69, 9.17) is 10.5 Å². The average molecular weight is 200 g/mol.